The molecule has 0 saturated heterocycles. The Hall–Kier alpha value is -1.13. The molecule has 0 fully saturated rings. The minimum absolute atomic E-state index is 0.398. The quantitative estimate of drug-likeness (QED) is 0.773. The molecule has 0 unspecified atom stereocenters. The number of fused-ring (bicyclic) bond motifs is 1. The molecule has 4 nitrogen and oxygen atoms in total. The maximum absolute atomic E-state index is 6.14. The highest BCUT2D eigenvalue weighted by Gasteiger charge is 2.09. The largest absolute Gasteiger partial charge is 0.377 e. The van der Waals surface area contributed by atoms with Crippen LogP contribution in [0.15, 0.2) is 12.1 Å². The summed E-state index contributed by atoms with van der Waals surface area (Å²) in [6.45, 7) is 4.64. The standard InChI is InChI=1S/C11H14ClN3O/c1-7(2)8-4-9(12)15-11(5-8)13-10(14-15)6-16-3/h4-5,7H,6H2,1-3H3. The number of hydrogen-bond donors (Lipinski definition) is 0. The molecule has 2 heterocycles. The van der Waals surface area contributed by atoms with E-state index < -0.39 is 0 Å². The minimum atomic E-state index is 0.398. The van der Waals surface area contributed by atoms with Crippen LogP contribution in [0.3, 0.4) is 0 Å². The zero-order valence-electron chi connectivity index (χ0n) is 9.57. The lowest BCUT2D eigenvalue weighted by atomic mass is 10.1. The number of halogens is 1. The predicted octanol–water partition coefficient (Wildman–Crippen LogP) is 2.65. The smallest absolute Gasteiger partial charge is 0.177 e. The first-order chi connectivity index (χ1) is 7.61. The monoisotopic (exact) mass is 239 g/mol. The van der Waals surface area contributed by atoms with Crippen molar-refractivity contribution in [3.05, 3.63) is 28.7 Å². The van der Waals surface area contributed by atoms with Crippen molar-refractivity contribution in [1.82, 2.24) is 14.6 Å². The van der Waals surface area contributed by atoms with E-state index in [1.807, 2.05) is 12.1 Å². The third-order valence-corrected chi connectivity index (χ3v) is 2.67. The summed E-state index contributed by atoms with van der Waals surface area (Å²) >= 11 is 6.14. The third kappa shape index (κ3) is 2.03. The maximum atomic E-state index is 6.14. The first-order valence-electron chi connectivity index (χ1n) is 5.16. The molecule has 0 aromatic carbocycles. The normalized spacial score (nSPS) is 11.6. The van der Waals surface area contributed by atoms with Crippen molar-refractivity contribution in [2.75, 3.05) is 7.11 Å². The summed E-state index contributed by atoms with van der Waals surface area (Å²) in [6, 6.07) is 3.92. The molecule has 0 saturated carbocycles. The van der Waals surface area contributed by atoms with Crippen molar-refractivity contribution in [3.63, 3.8) is 0 Å². The van der Waals surface area contributed by atoms with Crippen molar-refractivity contribution >= 4 is 17.2 Å². The second kappa shape index (κ2) is 4.39. The first-order valence-corrected chi connectivity index (χ1v) is 5.53. The van der Waals surface area contributed by atoms with Gasteiger partial charge in [0.25, 0.3) is 0 Å². The Labute approximate surface area is 99.2 Å². The lowest BCUT2D eigenvalue weighted by molar-refractivity contribution is 0.178. The summed E-state index contributed by atoms with van der Waals surface area (Å²) in [5.41, 5.74) is 1.93. The number of aromatic nitrogens is 3. The van der Waals surface area contributed by atoms with Gasteiger partial charge in [-0.25, -0.2) is 9.50 Å². The fraction of sp³-hybridized carbons (Fsp3) is 0.455. The summed E-state index contributed by atoms with van der Waals surface area (Å²) in [5, 5.41) is 4.83. The zero-order valence-corrected chi connectivity index (χ0v) is 10.3. The van der Waals surface area contributed by atoms with Crippen LogP contribution >= 0.6 is 11.6 Å². The van der Waals surface area contributed by atoms with E-state index in [4.69, 9.17) is 16.3 Å². The Kier molecular flexibility index (Phi) is 3.12. The molecule has 0 aliphatic rings. The molecular weight excluding hydrogens is 226 g/mol. The lowest BCUT2D eigenvalue weighted by Gasteiger charge is -2.05. The molecule has 0 amide bonds. The van der Waals surface area contributed by atoms with E-state index in [1.165, 1.54) is 0 Å². The van der Waals surface area contributed by atoms with Gasteiger partial charge in [0.15, 0.2) is 11.5 Å². The summed E-state index contributed by atoms with van der Waals surface area (Å²) < 4.78 is 6.62. The highest BCUT2D eigenvalue weighted by atomic mass is 35.5. The molecule has 16 heavy (non-hydrogen) atoms. The fourth-order valence-electron chi connectivity index (χ4n) is 1.53. The highest BCUT2D eigenvalue weighted by Crippen LogP contribution is 2.21. The molecule has 5 heteroatoms. The second-order valence-electron chi connectivity index (χ2n) is 4.00. The SMILES string of the molecule is COCc1nc2cc(C(C)C)cc(Cl)n2n1. The summed E-state index contributed by atoms with van der Waals surface area (Å²) in [7, 11) is 1.62. The van der Waals surface area contributed by atoms with Crippen LogP contribution in [0, 0.1) is 0 Å². The van der Waals surface area contributed by atoms with E-state index in [0.29, 0.717) is 23.5 Å². The molecule has 0 radical (unpaired) electrons. The van der Waals surface area contributed by atoms with Gasteiger partial charge in [-0.2, -0.15) is 0 Å². The van der Waals surface area contributed by atoms with Crippen molar-refractivity contribution in [3.8, 4) is 0 Å². The van der Waals surface area contributed by atoms with E-state index >= 15 is 0 Å². The van der Waals surface area contributed by atoms with E-state index in [-0.39, 0.29) is 0 Å². The number of rotatable bonds is 3. The van der Waals surface area contributed by atoms with Gasteiger partial charge >= 0.3 is 0 Å². The molecular formula is C11H14ClN3O. The third-order valence-electron chi connectivity index (χ3n) is 2.40. The minimum Gasteiger partial charge on any atom is -0.377 e. The van der Waals surface area contributed by atoms with Crippen LogP contribution in [0.4, 0.5) is 0 Å². The predicted molar refractivity (Wildman–Crippen MR) is 62.8 cm³/mol. The molecule has 0 atom stereocenters. The molecule has 0 bridgehead atoms. The van der Waals surface area contributed by atoms with Crippen LogP contribution in [0.1, 0.15) is 31.2 Å². The van der Waals surface area contributed by atoms with Crippen LogP contribution in [0.2, 0.25) is 5.15 Å². The first kappa shape index (κ1) is 11.4. The second-order valence-corrected chi connectivity index (χ2v) is 4.38. The Morgan fingerprint density at radius 3 is 2.81 bits per heavy atom. The van der Waals surface area contributed by atoms with E-state index in [1.54, 1.807) is 11.6 Å². The zero-order chi connectivity index (χ0) is 11.7. The number of ether oxygens (including phenoxy) is 1. The van der Waals surface area contributed by atoms with Gasteiger partial charge in [0, 0.05) is 7.11 Å². The average Bonchev–Trinajstić information content (AvgIpc) is 2.61. The molecule has 0 aliphatic heterocycles. The average molecular weight is 240 g/mol. The van der Waals surface area contributed by atoms with E-state index in [0.717, 1.165) is 11.2 Å². The van der Waals surface area contributed by atoms with Gasteiger partial charge < -0.3 is 4.74 Å². The van der Waals surface area contributed by atoms with Crippen molar-refractivity contribution in [2.24, 2.45) is 0 Å². The summed E-state index contributed by atoms with van der Waals surface area (Å²) in [4.78, 5) is 4.35. The molecule has 2 rings (SSSR count). The van der Waals surface area contributed by atoms with Crippen LogP contribution < -0.4 is 0 Å². The van der Waals surface area contributed by atoms with Crippen molar-refractivity contribution < 1.29 is 4.74 Å². The molecule has 86 valence electrons. The van der Waals surface area contributed by atoms with E-state index in [9.17, 15) is 0 Å². The Bertz CT molecular complexity index is 507. The van der Waals surface area contributed by atoms with Gasteiger partial charge in [0.05, 0.1) is 0 Å². The van der Waals surface area contributed by atoms with Gasteiger partial charge in [-0.05, 0) is 23.6 Å². The molecule has 0 spiro atoms. The Morgan fingerprint density at radius 2 is 2.19 bits per heavy atom. The molecule has 2 aromatic heterocycles. The molecule has 0 N–H and O–H groups in total. The summed E-state index contributed by atoms with van der Waals surface area (Å²) in [6.07, 6.45) is 0. The van der Waals surface area contributed by atoms with Crippen LogP contribution in [0.5, 0.6) is 0 Å². The summed E-state index contributed by atoms with van der Waals surface area (Å²) in [5.74, 6) is 1.07. The Balaban J connectivity index is 2.54. The van der Waals surface area contributed by atoms with Crippen molar-refractivity contribution in [2.45, 2.75) is 26.4 Å². The van der Waals surface area contributed by atoms with Gasteiger partial charge in [0.1, 0.15) is 11.8 Å². The lowest BCUT2D eigenvalue weighted by Crippen LogP contribution is -1.95. The van der Waals surface area contributed by atoms with Crippen LogP contribution in [-0.4, -0.2) is 21.7 Å². The highest BCUT2D eigenvalue weighted by molar-refractivity contribution is 6.29. The van der Waals surface area contributed by atoms with Crippen LogP contribution in [0.25, 0.3) is 5.65 Å². The maximum Gasteiger partial charge on any atom is 0.177 e. The fourth-order valence-corrected chi connectivity index (χ4v) is 1.78. The number of nitrogens with zero attached hydrogens (tertiary/aromatic N) is 3. The van der Waals surface area contributed by atoms with Gasteiger partial charge in [-0.1, -0.05) is 25.4 Å². The number of hydrogen-bond acceptors (Lipinski definition) is 3. The van der Waals surface area contributed by atoms with Gasteiger partial charge in [-0.3, -0.25) is 0 Å². The topological polar surface area (TPSA) is 39.4 Å². The van der Waals surface area contributed by atoms with Gasteiger partial charge in [0.2, 0.25) is 0 Å². The van der Waals surface area contributed by atoms with Crippen molar-refractivity contribution in [1.29, 1.82) is 0 Å². The number of pyridine rings is 1. The van der Waals surface area contributed by atoms with Gasteiger partial charge in [-0.15, -0.1) is 5.10 Å². The number of methoxy groups -OCH3 is 1. The Morgan fingerprint density at radius 1 is 1.44 bits per heavy atom. The molecule has 2 aromatic rings. The van der Waals surface area contributed by atoms with Crippen LogP contribution in [-0.2, 0) is 11.3 Å². The molecule has 0 aliphatic carbocycles. The van der Waals surface area contributed by atoms with E-state index in [2.05, 4.69) is 23.9 Å².